The molecule has 4 amide bonds. The summed E-state index contributed by atoms with van der Waals surface area (Å²) in [5.41, 5.74) is 1.73. The van der Waals surface area contributed by atoms with Crippen LogP contribution in [0.5, 0.6) is 0 Å². The van der Waals surface area contributed by atoms with E-state index in [4.69, 9.17) is 9.47 Å². The molecule has 0 spiro atoms. The van der Waals surface area contributed by atoms with Gasteiger partial charge >= 0.3 is 12.2 Å². The second kappa shape index (κ2) is 16.5. The first kappa shape index (κ1) is 42.6. The van der Waals surface area contributed by atoms with Gasteiger partial charge in [-0.1, -0.05) is 102 Å². The predicted octanol–water partition coefficient (Wildman–Crippen LogP) is 9.23. The lowest BCUT2D eigenvalue weighted by molar-refractivity contribution is -0.117. The second-order valence-electron chi connectivity index (χ2n) is 17.1. The van der Waals surface area contributed by atoms with Crippen LogP contribution in [0.25, 0.3) is 44.1 Å². The molecule has 0 bridgehead atoms. The molecule has 2 aliphatic heterocycles. The molecule has 0 saturated carbocycles. The Kier molecular flexibility index (Phi) is 11.4. The number of pyridine rings is 2. The highest BCUT2D eigenvalue weighted by molar-refractivity contribution is 6.08. The summed E-state index contributed by atoms with van der Waals surface area (Å²) in [4.78, 5) is 78.1. The van der Waals surface area contributed by atoms with E-state index in [1.165, 1.54) is 24.3 Å². The Balaban J connectivity index is 0.000000186. The van der Waals surface area contributed by atoms with Crippen molar-refractivity contribution in [2.45, 2.75) is 53.4 Å². The first-order chi connectivity index (χ1) is 29.3. The number of alkyl carbamates (subject to hydrolysis) is 2. The first-order valence-corrected chi connectivity index (χ1v) is 19.6. The summed E-state index contributed by atoms with van der Waals surface area (Å²) in [5.74, 6) is -3.17. The van der Waals surface area contributed by atoms with Gasteiger partial charge in [-0.3, -0.25) is 29.8 Å². The lowest BCUT2D eigenvalue weighted by Crippen LogP contribution is -2.25. The molecular formula is C48H42F2N4O8. The minimum absolute atomic E-state index is 0.126. The Hall–Kier alpha value is -7.48. The van der Waals surface area contributed by atoms with E-state index in [9.17, 15) is 37.5 Å². The van der Waals surface area contributed by atoms with Gasteiger partial charge in [-0.25, -0.2) is 18.4 Å². The maximum Gasteiger partial charge on any atom is 0.419 e. The van der Waals surface area contributed by atoms with E-state index in [-0.39, 0.29) is 34.3 Å². The number of amides is 4. The maximum absolute atomic E-state index is 14.2. The predicted molar refractivity (Wildman–Crippen MR) is 230 cm³/mol. The molecule has 4 aromatic carbocycles. The Bertz CT molecular complexity index is 2800. The number of aromatic nitrogens is 2. The molecule has 14 heteroatoms. The van der Waals surface area contributed by atoms with Gasteiger partial charge in [0.1, 0.15) is 11.6 Å². The summed E-state index contributed by atoms with van der Waals surface area (Å²) < 4.78 is 38.2. The van der Waals surface area contributed by atoms with Crippen LogP contribution in [-0.2, 0) is 19.1 Å². The Labute approximate surface area is 353 Å². The number of ether oxygens (including phenoxy) is 2. The molecule has 12 nitrogen and oxygen atoms in total. The number of fused-ring (bicyclic) bond motifs is 2. The molecule has 2 unspecified atom stereocenters. The van der Waals surface area contributed by atoms with Crippen molar-refractivity contribution in [1.29, 1.82) is 0 Å². The number of halogens is 2. The average Bonchev–Trinajstić information content (AvgIpc) is 3.71. The van der Waals surface area contributed by atoms with Crippen molar-refractivity contribution in [2.24, 2.45) is 10.8 Å². The fourth-order valence-corrected chi connectivity index (χ4v) is 7.39. The highest BCUT2D eigenvalue weighted by atomic mass is 19.1. The van der Waals surface area contributed by atoms with Crippen LogP contribution in [0.15, 0.2) is 130 Å². The fourth-order valence-electron chi connectivity index (χ4n) is 7.39. The number of imide groups is 2. The molecule has 62 heavy (non-hydrogen) atoms. The number of aromatic amines is 2. The van der Waals surface area contributed by atoms with E-state index < -0.39 is 46.7 Å². The third-order valence-electron chi connectivity index (χ3n) is 10.6. The van der Waals surface area contributed by atoms with Gasteiger partial charge in [-0.2, -0.15) is 0 Å². The van der Waals surface area contributed by atoms with Crippen LogP contribution in [0.2, 0.25) is 0 Å². The van der Waals surface area contributed by atoms with Gasteiger partial charge in [0.25, 0.3) is 22.9 Å². The molecule has 316 valence electrons. The van der Waals surface area contributed by atoms with Crippen molar-refractivity contribution in [3.8, 4) is 22.5 Å². The molecule has 0 aliphatic carbocycles. The van der Waals surface area contributed by atoms with Gasteiger partial charge in [0, 0.05) is 45.1 Å². The molecule has 2 aliphatic rings. The number of cyclic esters (lactones) is 2. The van der Waals surface area contributed by atoms with Crippen LogP contribution in [-0.4, -0.2) is 34.0 Å². The Morgan fingerprint density at radius 3 is 1.23 bits per heavy atom. The minimum atomic E-state index is -0.836. The molecule has 2 aromatic heterocycles. The summed E-state index contributed by atoms with van der Waals surface area (Å²) in [6, 6.07) is 27.2. The average molecular weight is 841 g/mol. The van der Waals surface area contributed by atoms with Crippen molar-refractivity contribution in [3.05, 3.63) is 164 Å². The van der Waals surface area contributed by atoms with Crippen LogP contribution in [0, 0.1) is 22.5 Å². The number of hydrogen-bond acceptors (Lipinski definition) is 8. The second-order valence-corrected chi connectivity index (χ2v) is 17.1. The molecule has 2 saturated heterocycles. The molecule has 0 radical (unpaired) electrons. The number of H-pyrrole nitrogens is 2. The van der Waals surface area contributed by atoms with E-state index >= 15 is 0 Å². The van der Waals surface area contributed by atoms with E-state index in [0.29, 0.717) is 44.4 Å². The third kappa shape index (κ3) is 8.99. The van der Waals surface area contributed by atoms with E-state index in [2.05, 4.69) is 20.6 Å². The Morgan fingerprint density at radius 2 is 0.903 bits per heavy atom. The summed E-state index contributed by atoms with van der Waals surface area (Å²) in [6.45, 7) is 11.5. The van der Waals surface area contributed by atoms with Gasteiger partial charge in [0.2, 0.25) is 0 Å². The van der Waals surface area contributed by atoms with Gasteiger partial charge in [0.15, 0.2) is 11.5 Å². The van der Waals surface area contributed by atoms with Crippen LogP contribution < -0.4 is 21.8 Å². The number of carbonyl (C=O) groups is 4. The van der Waals surface area contributed by atoms with Crippen LogP contribution >= 0.6 is 0 Å². The zero-order valence-corrected chi connectivity index (χ0v) is 34.6. The van der Waals surface area contributed by atoms with Gasteiger partial charge in [0.05, 0.1) is 0 Å². The van der Waals surface area contributed by atoms with Crippen molar-refractivity contribution >= 4 is 45.5 Å². The summed E-state index contributed by atoms with van der Waals surface area (Å²) in [6.07, 6.45) is 1.32. The van der Waals surface area contributed by atoms with Gasteiger partial charge in [-0.05, 0) is 81.3 Å². The number of rotatable bonds is 6. The third-order valence-corrected chi connectivity index (χ3v) is 10.6. The molecule has 4 N–H and O–H groups in total. The normalized spacial score (nSPS) is 16.5. The topological polar surface area (TPSA) is 177 Å². The fraction of sp³-hybridized carbons (Fsp3) is 0.208. The Morgan fingerprint density at radius 1 is 0.516 bits per heavy atom. The first-order valence-electron chi connectivity index (χ1n) is 19.6. The van der Waals surface area contributed by atoms with Gasteiger partial charge in [-0.15, -0.1) is 0 Å². The molecule has 2 atom stereocenters. The molecule has 2 fully saturated rings. The van der Waals surface area contributed by atoms with Crippen LogP contribution in [0.4, 0.5) is 18.4 Å². The van der Waals surface area contributed by atoms with Crippen LogP contribution in [0.1, 0.15) is 64.5 Å². The van der Waals surface area contributed by atoms with Crippen molar-refractivity contribution in [2.75, 3.05) is 0 Å². The van der Waals surface area contributed by atoms with Crippen molar-refractivity contribution < 1.29 is 37.4 Å². The molecule has 8 rings (SSSR count). The number of carbonyl (C=O) groups excluding carboxylic acids is 4. The smallest absolute Gasteiger partial charge is 0.404 e. The lowest BCUT2D eigenvalue weighted by Gasteiger charge is -2.28. The summed E-state index contributed by atoms with van der Waals surface area (Å²) >= 11 is 0. The zero-order valence-electron chi connectivity index (χ0n) is 34.6. The largest absolute Gasteiger partial charge is 0.419 e. The quantitative estimate of drug-likeness (QED) is 0.120. The number of benzene rings is 4. The lowest BCUT2D eigenvalue weighted by atomic mass is 9.76. The van der Waals surface area contributed by atoms with Crippen LogP contribution in [0.3, 0.4) is 0 Å². The number of hydrogen-bond donors (Lipinski definition) is 4. The number of allylic oxidation sites excluding steroid dienone is 2. The highest BCUT2D eigenvalue weighted by Crippen LogP contribution is 2.38. The molecule has 6 aromatic rings. The van der Waals surface area contributed by atoms with Crippen molar-refractivity contribution in [1.82, 2.24) is 20.6 Å². The standard InChI is InChI=1S/2C24H21FN2O4/c2*1-24(2,3)17(12-20-22(29)27-23(30)31-20)15-9-10-19(26-21(15)28)14-8-7-13-5-4-6-18(25)16(13)11-14/h2*4-12,17H,1-3H3,(H,26,28)(H,27,29,30)/b20-12+;20-12-. The number of nitrogens with one attached hydrogen (secondary N) is 4. The summed E-state index contributed by atoms with van der Waals surface area (Å²) in [7, 11) is 0. The van der Waals surface area contributed by atoms with E-state index in [0.717, 1.165) is 10.8 Å². The highest BCUT2D eigenvalue weighted by Gasteiger charge is 2.34. The minimum Gasteiger partial charge on any atom is -0.404 e. The van der Waals surface area contributed by atoms with E-state index in [1.807, 2.05) is 65.8 Å². The van der Waals surface area contributed by atoms with Gasteiger partial charge < -0.3 is 19.4 Å². The molecular weight excluding hydrogens is 799 g/mol. The maximum atomic E-state index is 14.2. The SMILES string of the molecule is CC(C)(C)C(/C=C1/OC(=O)NC1=O)c1ccc(-c2ccc3cccc(F)c3c2)[nH]c1=O.CC(C)(C)C(/C=C1\OC(=O)NC1=O)c1ccc(-c2ccc3cccc(F)c3c2)[nH]c1=O. The summed E-state index contributed by atoms with van der Waals surface area (Å²) in [5, 5.41) is 6.59. The molecule has 4 heterocycles. The monoisotopic (exact) mass is 840 g/mol. The zero-order chi connectivity index (χ0) is 44.7. The van der Waals surface area contributed by atoms with Crippen molar-refractivity contribution in [3.63, 3.8) is 0 Å². The van der Waals surface area contributed by atoms with E-state index in [1.54, 1.807) is 60.7 Å².